The second kappa shape index (κ2) is 5.70. The number of nitrogens with zero attached hydrogens (tertiary/aromatic N) is 1. The minimum atomic E-state index is -4.37. The van der Waals surface area contributed by atoms with Crippen LogP contribution in [0.15, 0.2) is 24.3 Å². The first kappa shape index (κ1) is 14.6. The molecule has 2 N–H and O–H groups in total. The van der Waals surface area contributed by atoms with E-state index in [0.29, 0.717) is 25.3 Å². The van der Waals surface area contributed by atoms with Gasteiger partial charge >= 0.3 is 12.2 Å². The summed E-state index contributed by atoms with van der Waals surface area (Å²) >= 11 is 0. The maximum absolute atomic E-state index is 12.4. The fourth-order valence-electron chi connectivity index (χ4n) is 2.08. The summed E-state index contributed by atoms with van der Waals surface area (Å²) in [5.41, 5.74) is -0.375. The molecule has 110 valence electrons. The van der Waals surface area contributed by atoms with Crippen LogP contribution in [0.25, 0.3) is 0 Å². The fourth-order valence-corrected chi connectivity index (χ4v) is 2.08. The van der Waals surface area contributed by atoms with Gasteiger partial charge in [0.05, 0.1) is 5.56 Å². The summed E-state index contributed by atoms with van der Waals surface area (Å²) in [6, 6.07) is 4.19. The molecule has 4 nitrogen and oxygen atoms in total. The molecule has 20 heavy (non-hydrogen) atoms. The Kier molecular flexibility index (Phi) is 4.17. The number of nitrogens with one attached hydrogen (secondary N) is 2. The van der Waals surface area contributed by atoms with Gasteiger partial charge in [-0.25, -0.2) is 4.79 Å². The standard InChI is InChI=1S/C13H16F3N3O/c1-9-8-17-6-7-19(9)12(20)18-11-4-2-10(3-5-11)13(14,15)16/h2-5,9,17H,6-8H2,1H3,(H,18,20)/t9-/m1/s1. The van der Waals surface area contributed by atoms with Crippen molar-refractivity contribution in [2.24, 2.45) is 0 Å². The predicted molar refractivity (Wildman–Crippen MR) is 69.5 cm³/mol. The number of anilines is 1. The molecule has 7 heteroatoms. The molecular weight excluding hydrogens is 271 g/mol. The maximum atomic E-state index is 12.4. The molecule has 0 aromatic heterocycles. The van der Waals surface area contributed by atoms with Crippen LogP contribution in [0.4, 0.5) is 23.7 Å². The van der Waals surface area contributed by atoms with E-state index in [1.807, 2.05) is 6.92 Å². The van der Waals surface area contributed by atoms with E-state index in [4.69, 9.17) is 0 Å². The Hall–Kier alpha value is -1.76. The molecule has 0 spiro atoms. The van der Waals surface area contributed by atoms with Gasteiger partial charge < -0.3 is 15.5 Å². The number of urea groups is 1. The van der Waals surface area contributed by atoms with Crippen LogP contribution in [0.3, 0.4) is 0 Å². The number of rotatable bonds is 1. The van der Waals surface area contributed by atoms with Crippen LogP contribution in [0.5, 0.6) is 0 Å². The fraction of sp³-hybridized carbons (Fsp3) is 0.462. The number of carbonyl (C=O) groups is 1. The van der Waals surface area contributed by atoms with E-state index in [0.717, 1.165) is 12.1 Å². The average Bonchev–Trinajstić information content (AvgIpc) is 2.38. The summed E-state index contributed by atoms with van der Waals surface area (Å²) in [5.74, 6) is 0. The van der Waals surface area contributed by atoms with E-state index in [2.05, 4.69) is 10.6 Å². The molecule has 1 fully saturated rings. The molecule has 1 aromatic carbocycles. The molecule has 1 aliphatic rings. The Morgan fingerprint density at radius 2 is 2.00 bits per heavy atom. The highest BCUT2D eigenvalue weighted by molar-refractivity contribution is 5.89. The second-order valence-electron chi connectivity index (χ2n) is 4.75. The zero-order valence-electron chi connectivity index (χ0n) is 11.0. The molecule has 1 aromatic rings. The number of hydrogen-bond donors (Lipinski definition) is 2. The molecular formula is C13H16F3N3O. The molecule has 1 heterocycles. The first-order chi connectivity index (χ1) is 9.38. The highest BCUT2D eigenvalue weighted by Crippen LogP contribution is 2.29. The van der Waals surface area contributed by atoms with E-state index < -0.39 is 11.7 Å². The summed E-state index contributed by atoms with van der Waals surface area (Å²) in [6.07, 6.45) is -4.37. The van der Waals surface area contributed by atoms with Crippen molar-refractivity contribution in [2.45, 2.75) is 19.1 Å². The zero-order valence-corrected chi connectivity index (χ0v) is 11.0. The number of alkyl halides is 3. The lowest BCUT2D eigenvalue weighted by Crippen LogP contribution is -2.53. The van der Waals surface area contributed by atoms with Crippen molar-refractivity contribution in [3.63, 3.8) is 0 Å². The molecule has 0 radical (unpaired) electrons. The van der Waals surface area contributed by atoms with Crippen LogP contribution in [0.1, 0.15) is 12.5 Å². The lowest BCUT2D eigenvalue weighted by atomic mass is 10.2. The second-order valence-corrected chi connectivity index (χ2v) is 4.75. The maximum Gasteiger partial charge on any atom is 0.416 e. The summed E-state index contributed by atoms with van der Waals surface area (Å²) in [7, 11) is 0. The van der Waals surface area contributed by atoms with Gasteiger partial charge in [-0.15, -0.1) is 0 Å². The van der Waals surface area contributed by atoms with Crippen LogP contribution >= 0.6 is 0 Å². The Morgan fingerprint density at radius 3 is 2.55 bits per heavy atom. The van der Waals surface area contributed by atoms with Crippen LogP contribution in [0, 0.1) is 0 Å². The molecule has 1 aliphatic heterocycles. The first-order valence-corrected chi connectivity index (χ1v) is 6.33. The highest BCUT2D eigenvalue weighted by atomic mass is 19.4. The average molecular weight is 287 g/mol. The minimum absolute atomic E-state index is 0.0539. The minimum Gasteiger partial charge on any atom is -0.319 e. The van der Waals surface area contributed by atoms with E-state index in [-0.39, 0.29) is 12.1 Å². The lowest BCUT2D eigenvalue weighted by Gasteiger charge is -2.33. The van der Waals surface area contributed by atoms with Gasteiger partial charge in [0.15, 0.2) is 0 Å². The van der Waals surface area contributed by atoms with Gasteiger partial charge in [0.1, 0.15) is 0 Å². The van der Waals surface area contributed by atoms with Crippen LogP contribution in [0.2, 0.25) is 0 Å². The molecule has 0 unspecified atom stereocenters. The molecule has 2 rings (SSSR count). The van der Waals surface area contributed by atoms with Gasteiger partial charge in [-0.3, -0.25) is 0 Å². The van der Waals surface area contributed by atoms with Gasteiger partial charge in [0.25, 0.3) is 0 Å². The Labute approximate surface area is 114 Å². The van der Waals surface area contributed by atoms with E-state index in [9.17, 15) is 18.0 Å². The summed E-state index contributed by atoms with van der Waals surface area (Å²) in [5, 5.41) is 5.77. The molecule has 0 aliphatic carbocycles. The third kappa shape index (κ3) is 3.41. The monoisotopic (exact) mass is 287 g/mol. The first-order valence-electron chi connectivity index (χ1n) is 6.33. The van der Waals surface area contributed by atoms with Crippen molar-refractivity contribution >= 4 is 11.7 Å². The number of benzene rings is 1. The smallest absolute Gasteiger partial charge is 0.319 e. The lowest BCUT2D eigenvalue weighted by molar-refractivity contribution is -0.137. The van der Waals surface area contributed by atoms with E-state index >= 15 is 0 Å². The largest absolute Gasteiger partial charge is 0.416 e. The summed E-state index contributed by atoms with van der Waals surface area (Å²) in [6.45, 7) is 3.91. The van der Waals surface area contributed by atoms with E-state index in [1.54, 1.807) is 4.90 Å². The number of halogens is 3. The number of hydrogen-bond acceptors (Lipinski definition) is 2. The molecule has 2 amide bonds. The van der Waals surface area contributed by atoms with E-state index in [1.165, 1.54) is 12.1 Å². The highest BCUT2D eigenvalue weighted by Gasteiger charge is 2.30. The van der Waals surface area contributed by atoms with Crippen LogP contribution in [-0.4, -0.2) is 36.6 Å². The Bertz CT molecular complexity index is 473. The third-order valence-corrected chi connectivity index (χ3v) is 3.23. The molecule has 1 atom stereocenters. The van der Waals surface area contributed by atoms with Gasteiger partial charge in [-0.05, 0) is 31.2 Å². The van der Waals surface area contributed by atoms with Crippen molar-refractivity contribution in [3.05, 3.63) is 29.8 Å². The van der Waals surface area contributed by atoms with Crippen molar-refractivity contribution in [2.75, 3.05) is 25.0 Å². The number of piperazine rings is 1. The summed E-state index contributed by atoms with van der Waals surface area (Å²) in [4.78, 5) is 13.7. The number of carbonyl (C=O) groups excluding carboxylic acids is 1. The Balaban J connectivity index is 2.01. The predicted octanol–water partition coefficient (Wildman–Crippen LogP) is 2.53. The SMILES string of the molecule is C[C@@H]1CNCCN1C(=O)Nc1ccc(C(F)(F)F)cc1. The van der Waals surface area contributed by atoms with Crippen molar-refractivity contribution in [1.29, 1.82) is 0 Å². The number of amides is 2. The summed E-state index contributed by atoms with van der Waals surface area (Å²) < 4.78 is 37.3. The van der Waals surface area contributed by atoms with Gasteiger partial charge in [-0.2, -0.15) is 13.2 Å². The van der Waals surface area contributed by atoms with Gasteiger partial charge in [0, 0.05) is 31.4 Å². The molecule has 1 saturated heterocycles. The molecule has 0 saturated carbocycles. The van der Waals surface area contributed by atoms with Gasteiger partial charge in [0.2, 0.25) is 0 Å². The normalized spacial score (nSPS) is 19.8. The van der Waals surface area contributed by atoms with Crippen LogP contribution < -0.4 is 10.6 Å². The Morgan fingerprint density at radius 1 is 1.35 bits per heavy atom. The van der Waals surface area contributed by atoms with Crippen molar-refractivity contribution in [1.82, 2.24) is 10.2 Å². The van der Waals surface area contributed by atoms with Gasteiger partial charge in [-0.1, -0.05) is 0 Å². The third-order valence-electron chi connectivity index (χ3n) is 3.23. The quantitative estimate of drug-likeness (QED) is 0.833. The zero-order chi connectivity index (χ0) is 14.8. The van der Waals surface area contributed by atoms with Crippen molar-refractivity contribution < 1.29 is 18.0 Å². The van der Waals surface area contributed by atoms with Crippen molar-refractivity contribution in [3.8, 4) is 0 Å². The van der Waals surface area contributed by atoms with Crippen LogP contribution in [-0.2, 0) is 6.18 Å². The topological polar surface area (TPSA) is 44.4 Å². The molecule has 0 bridgehead atoms.